The second-order valence-corrected chi connectivity index (χ2v) is 8.69. The number of thioether (sulfide) groups is 1. The Labute approximate surface area is 177 Å². The van der Waals surface area contributed by atoms with Crippen LogP contribution < -0.4 is 10.2 Å². The first kappa shape index (κ1) is 19.1. The first-order chi connectivity index (χ1) is 13.5. The van der Waals surface area contributed by atoms with E-state index in [1.807, 2.05) is 42.7 Å². The number of carbonyl (C=O) groups is 1. The Hall–Kier alpha value is -2.22. The summed E-state index contributed by atoms with van der Waals surface area (Å²) < 4.78 is 1.06. The molecule has 144 valence electrons. The predicted octanol–water partition coefficient (Wildman–Crippen LogP) is 5.54. The molecule has 1 N–H and O–H groups in total. The molecule has 2 heterocycles. The van der Waals surface area contributed by atoms with E-state index in [0.717, 1.165) is 21.6 Å². The highest BCUT2D eigenvalue weighted by Gasteiger charge is 2.25. The van der Waals surface area contributed by atoms with Crippen LogP contribution in [-0.2, 0) is 0 Å². The monoisotopic (exact) mass is 430 g/mol. The van der Waals surface area contributed by atoms with Crippen LogP contribution in [0.4, 0.5) is 15.6 Å². The lowest BCUT2D eigenvalue weighted by molar-refractivity contribution is 0.213. The number of amides is 2. The summed E-state index contributed by atoms with van der Waals surface area (Å²) in [4.78, 5) is 22.2. The van der Waals surface area contributed by atoms with Gasteiger partial charge in [-0.25, -0.2) is 9.78 Å². The van der Waals surface area contributed by atoms with Crippen LogP contribution in [0.3, 0.4) is 0 Å². The number of nitrogens with one attached hydrogen (secondary N) is 1. The number of hydrogen-bond acceptors (Lipinski definition) is 5. The summed E-state index contributed by atoms with van der Waals surface area (Å²) >= 11 is 9.48. The van der Waals surface area contributed by atoms with Gasteiger partial charge < -0.3 is 9.80 Å². The Morgan fingerprint density at radius 1 is 1.29 bits per heavy atom. The number of piperazine rings is 1. The number of urea groups is 1. The highest BCUT2D eigenvalue weighted by Crippen LogP contribution is 2.31. The van der Waals surface area contributed by atoms with Crippen LogP contribution in [0.15, 0.2) is 59.6 Å². The smallest absolute Gasteiger partial charge is 0.324 e. The van der Waals surface area contributed by atoms with Gasteiger partial charge in [0.15, 0.2) is 5.13 Å². The van der Waals surface area contributed by atoms with Gasteiger partial charge in [-0.15, -0.1) is 11.8 Å². The highest BCUT2D eigenvalue weighted by atomic mass is 35.5. The Morgan fingerprint density at radius 2 is 2.11 bits per heavy atom. The molecule has 1 aromatic heterocycles. The molecule has 0 aliphatic carbocycles. The van der Waals surface area contributed by atoms with E-state index in [0.29, 0.717) is 29.8 Å². The van der Waals surface area contributed by atoms with Gasteiger partial charge in [0.1, 0.15) is 0 Å². The van der Waals surface area contributed by atoms with Gasteiger partial charge in [-0.05, 0) is 36.6 Å². The van der Waals surface area contributed by atoms with Gasteiger partial charge in [-0.2, -0.15) is 0 Å². The number of rotatable bonds is 3. The maximum Gasteiger partial charge on any atom is 0.324 e. The molecular formula is C20H19ClN4OS2. The van der Waals surface area contributed by atoms with E-state index in [9.17, 15) is 4.79 Å². The van der Waals surface area contributed by atoms with Gasteiger partial charge in [-0.3, -0.25) is 5.32 Å². The maximum absolute atomic E-state index is 12.7. The normalized spacial score (nSPS) is 14.6. The molecule has 28 heavy (non-hydrogen) atoms. The largest absolute Gasteiger partial charge is 0.341 e. The van der Waals surface area contributed by atoms with Gasteiger partial charge >= 0.3 is 6.03 Å². The first-order valence-corrected chi connectivity index (χ1v) is 11.2. The van der Waals surface area contributed by atoms with Crippen molar-refractivity contribution in [3.05, 3.63) is 59.8 Å². The molecule has 0 bridgehead atoms. The van der Waals surface area contributed by atoms with Crippen LogP contribution in [0, 0.1) is 0 Å². The average molecular weight is 431 g/mol. The Morgan fingerprint density at radius 3 is 2.86 bits per heavy atom. The molecular weight excluding hydrogens is 412 g/mol. The highest BCUT2D eigenvalue weighted by molar-refractivity contribution is 7.98. The minimum absolute atomic E-state index is 0.163. The summed E-state index contributed by atoms with van der Waals surface area (Å²) in [6.07, 6.45) is 2.04. The number of hydrogen-bond donors (Lipinski definition) is 1. The van der Waals surface area contributed by atoms with Crippen molar-refractivity contribution < 1.29 is 4.79 Å². The van der Waals surface area contributed by atoms with Crippen molar-refractivity contribution in [3.8, 4) is 0 Å². The molecule has 1 aliphatic rings. The summed E-state index contributed by atoms with van der Waals surface area (Å²) in [6.45, 7) is 5.81. The number of carbonyl (C=O) groups excluding carboxylic acids is 1. The quantitative estimate of drug-likeness (QED) is 0.554. The molecule has 1 saturated heterocycles. The molecule has 5 nitrogen and oxygen atoms in total. The van der Waals surface area contributed by atoms with Crippen molar-refractivity contribution in [1.82, 2.24) is 9.88 Å². The van der Waals surface area contributed by atoms with E-state index in [1.54, 1.807) is 16.7 Å². The van der Waals surface area contributed by atoms with Crippen molar-refractivity contribution in [2.24, 2.45) is 0 Å². The molecule has 8 heteroatoms. The van der Waals surface area contributed by atoms with Crippen LogP contribution in [0.25, 0.3) is 10.2 Å². The van der Waals surface area contributed by atoms with Crippen LogP contribution >= 0.6 is 34.7 Å². The summed E-state index contributed by atoms with van der Waals surface area (Å²) in [5.74, 6) is 0. The van der Waals surface area contributed by atoms with E-state index in [1.165, 1.54) is 16.2 Å². The fourth-order valence-corrected chi connectivity index (χ4v) is 4.80. The fourth-order valence-electron chi connectivity index (χ4n) is 3.15. The van der Waals surface area contributed by atoms with Gasteiger partial charge in [0.2, 0.25) is 0 Å². The molecule has 0 spiro atoms. The molecule has 1 fully saturated rings. The summed E-state index contributed by atoms with van der Waals surface area (Å²) in [5, 5.41) is 4.22. The molecule has 0 saturated carbocycles. The van der Waals surface area contributed by atoms with E-state index in [-0.39, 0.29) is 6.03 Å². The molecule has 0 radical (unpaired) electrons. The van der Waals surface area contributed by atoms with Crippen molar-refractivity contribution >= 4 is 61.8 Å². The van der Waals surface area contributed by atoms with E-state index < -0.39 is 0 Å². The standard InChI is InChI=1S/C20H19ClN4OS2/c1-13-12-24(9-10-25(13)17-6-4-3-5-15(17)21)20(26)23-19-22-16-8-7-14(27-2)11-18(16)28-19/h3-8,11H,1,9-10,12H2,2H3,(H,22,23,26). The van der Waals surface area contributed by atoms with Crippen LogP contribution in [-0.4, -0.2) is 41.8 Å². The van der Waals surface area contributed by atoms with Crippen LogP contribution in [0.1, 0.15) is 0 Å². The van der Waals surface area contributed by atoms with E-state index >= 15 is 0 Å². The van der Waals surface area contributed by atoms with Gasteiger partial charge in [0.25, 0.3) is 0 Å². The van der Waals surface area contributed by atoms with E-state index in [2.05, 4.69) is 27.8 Å². The molecule has 4 rings (SSSR count). The van der Waals surface area contributed by atoms with Gasteiger partial charge in [-0.1, -0.05) is 41.6 Å². The number of para-hydroxylation sites is 1. The summed E-state index contributed by atoms with van der Waals surface area (Å²) in [5.41, 5.74) is 2.65. The zero-order chi connectivity index (χ0) is 19.7. The number of benzene rings is 2. The molecule has 2 amide bonds. The van der Waals surface area contributed by atoms with Crippen molar-refractivity contribution in [2.45, 2.75) is 4.90 Å². The third kappa shape index (κ3) is 3.83. The molecule has 0 atom stereocenters. The lowest BCUT2D eigenvalue weighted by atomic mass is 10.2. The third-order valence-corrected chi connectivity index (χ3v) is 6.57. The van der Waals surface area contributed by atoms with Gasteiger partial charge in [0.05, 0.1) is 27.5 Å². The van der Waals surface area contributed by atoms with Crippen molar-refractivity contribution in [3.63, 3.8) is 0 Å². The van der Waals surface area contributed by atoms with Crippen molar-refractivity contribution in [2.75, 3.05) is 36.1 Å². The second kappa shape index (κ2) is 8.03. The lowest BCUT2D eigenvalue weighted by Crippen LogP contribution is -2.48. The Kier molecular flexibility index (Phi) is 5.48. The second-order valence-electron chi connectivity index (χ2n) is 6.37. The number of aromatic nitrogens is 1. The molecule has 0 unspecified atom stereocenters. The number of nitrogens with zero attached hydrogens (tertiary/aromatic N) is 3. The maximum atomic E-state index is 12.7. The van der Waals surface area contributed by atoms with Gasteiger partial charge in [0, 0.05) is 23.7 Å². The third-order valence-electron chi connectivity index (χ3n) is 4.59. The average Bonchev–Trinajstić information content (AvgIpc) is 3.09. The SMILES string of the molecule is C=C1CN(C(=O)Nc2nc3ccc(SC)cc3s2)CCN1c1ccccc1Cl. The number of anilines is 2. The zero-order valence-corrected chi connectivity index (χ0v) is 17.7. The number of thiazole rings is 1. The minimum Gasteiger partial charge on any atom is -0.341 e. The predicted molar refractivity (Wildman–Crippen MR) is 120 cm³/mol. The zero-order valence-electron chi connectivity index (χ0n) is 15.3. The molecule has 3 aromatic rings. The molecule has 2 aromatic carbocycles. The fraction of sp³-hybridized carbons (Fsp3) is 0.200. The minimum atomic E-state index is -0.163. The van der Waals surface area contributed by atoms with Crippen LogP contribution in [0.2, 0.25) is 5.02 Å². The Balaban J connectivity index is 1.44. The topological polar surface area (TPSA) is 48.5 Å². The van der Waals surface area contributed by atoms with E-state index in [4.69, 9.17) is 11.6 Å². The number of fused-ring (bicyclic) bond motifs is 1. The Bertz CT molecular complexity index is 1050. The van der Waals surface area contributed by atoms with Crippen LogP contribution in [0.5, 0.6) is 0 Å². The summed E-state index contributed by atoms with van der Waals surface area (Å²) in [6, 6.07) is 13.6. The first-order valence-electron chi connectivity index (χ1n) is 8.75. The lowest BCUT2D eigenvalue weighted by Gasteiger charge is -2.37. The molecule has 1 aliphatic heterocycles. The van der Waals surface area contributed by atoms with Crippen molar-refractivity contribution in [1.29, 1.82) is 0 Å². The number of halogens is 1. The summed E-state index contributed by atoms with van der Waals surface area (Å²) in [7, 11) is 0.